The Labute approximate surface area is 156 Å². The number of carbonyl (C=O) groups excluding carboxylic acids is 1. The lowest BCUT2D eigenvalue weighted by Crippen LogP contribution is -2.18. The third-order valence-corrected chi connectivity index (χ3v) is 4.74. The van der Waals surface area contributed by atoms with Crippen molar-refractivity contribution in [3.63, 3.8) is 0 Å². The van der Waals surface area contributed by atoms with Crippen LogP contribution in [0.5, 0.6) is 11.5 Å². The highest BCUT2D eigenvalue weighted by Crippen LogP contribution is 2.31. The number of ether oxygens (including phenoxy) is 4. The maximum absolute atomic E-state index is 12.8. The van der Waals surface area contributed by atoms with Gasteiger partial charge in [0.15, 0.2) is 0 Å². The number of methoxy groups -OCH3 is 3. The molecule has 5 heteroatoms. The second kappa shape index (κ2) is 10.2. The summed E-state index contributed by atoms with van der Waals surface area (Å²) >= 11 is 0. The van der Waals surface area contributed by atoms with E-state index in [4.69, 9.17) is 18.9 Å². The van der Waals surface area contributed by atoms with E-state index in [-0.39, 0.29) is 18.2 Å². The summed E-state index contributed by atoms with van der Waals surface area (Å²) in [6.07, 6.45) is 9.89. The van der Waals surface area contributed by atoms with Crippen molar-refractivity contribution in [1.82, 2.24) is 0 Å². The largest absolute Gasteiger partial charge is 0.497 e. The molecule has 0 radical (unpaired) electrons. The molecule has 2 atom stereocenters. The van der Waals surface area contributed by atoms with Crippen molar-refractivity contribution >= 4 is 12.0 Å². The summed E-state index contributed by atoms with van der Waals surface area (Å²) in [7, 11) is 4.91. The van der Waals surface area contributed by atoms with E-state index < -0.39 is 0 Å². The average Bonchev–Trinajstić information content (AvgIpc) is 2.64. The van der Waals surface area contributed by atoms with Gasteiger partial charge in [-0.15, -0.1) is 0 Å². The molecule has 0 spiro atoms. The second-order valence-electron chi connectivity index (χ2n) is 6.63. The zero-order valence-corrected chi connectivity index (χ0v) is 16.2. The fourth-order valence-electron chi connectivity index (χ4n) is 3.23. The smallest absolute Gasteiger partial charge is 0.342 e. The minimum Gasteiger partial charge on any atom is -0.497 e. The van der Waals surface area contributed by atoms with Crippen LogP contribution in [0.4, 0.5) is 0 Å². The van der Waals surface area contributed by atoms with Crippen LogP contribution in [0, 0.1) is 0 Å². The molecule has 5 nitrogen and oxygen atoms in total. The number of hydrogen-bond acceptors (Lipinski definition) is 5. The van der Waals surface area contributed by atoms with Gasteiger partial charge in [0.1, 0.15) is 17.1 Å². The maximum atomic E-state index is 12.8. The molecule has 26 heavy (non-hydrogen) atoms. The van der Waals surface area contributed by atoms with Gasteiger partial charge in [-0.3, -0.25) is 0 Å². The molecule has 0 N–H and O–H groups in total. The normalized spacial score (nSPS) is 22.1. The topological polar surface area (TPSA) is 54.0 Å². The van der Waals surface area contributed by atoms with Crippen molar-refractivity contribution in [2.75, 3.05) is 21.3 Å². The van der Waals surface area contributed by atoms with E-state index >= 15 is 0 Å². The van der Waals surface area contributed by atoms with Gasteiger partial charge in [-0.2, -0.15) is 0 Å². The third kappa shape index (κ3) is 5.49. The SMILES string of the molecule is COc1cc2c(c(OC)c1)C(=O)OC(C)CCCC(OC)CCCC=C2. The van der Waals surface area contributed by atoms with Crippen LogP contribution >= 0.6 is 0 Å². The fourth-order valence-corrected chi connectivity index (χ4v) is 3.23. The van der Waals surface area contributed by atoms with Crippen LogP contribution in [0.1, 0.15) is 61.4 Å². The van der Waals surface area contributed by atoms with Gasteiger partial charge in [0.25, 0.3) is 0 Å². The van der Waals surface area contributed by atoms with Gasteiger partial charge in [-0.05, 0) is 57.1 Å². The first kappa shape index (κ1) is 20.3. The first-order valence-electron chi connectivity index (χ1n) is 9.25. The standard InChI is InChI=1S/C21H30O5/c1-15-9-8-12-17(23-2)11-7-5-6-10-16-13-18(24-3)14-19(25-4)20(16)21(22)26-15/h6,10,13-15,17H,5,7-9,11-12H2,1-4H3. The Morgan fingerprint density at radius 2 is 1.81 bits per heavy atom. The summed E-state index contributed by atoms with van der Waals surface area (Å²) in [5, 5.41) is 0. The number of hydrogen-bond donors (Lipinski definition) is 0. The van der Waals surface area contributed by atoms with Gasteiger partial charge in [0, 0.05) is 13.2 Å². The van der Waals surface area contributed by atoms with Crippen molar-refractivity contribution in [3.8, 4) is 11.5 Å². The Balaban J connectivity index is 2.35. The van der Waals surface area contributed by atoms with E-state index in [0.717, 1.165) is 44.1 Å². The molecule has 0 aliphatic carbocycles. The minimum absolute atomic E-state index is 0.161. The zero-order chi connectivity index (χ0) is 18.9. The van der Waals surface area contributed by atoms with E-state index in [1.165, 1.54) is 0 Å². The number of fused-ring (bicyclic) bond motifs is 1. The van der Waals surface area contributed by atoms with Gasteiger partial charge in [-0.1, -0.05) is 12.2 Å². The molecule has 0 fully saturated rings. The Hall–Kier alpha value is -2.01. The molecule has 1 aromatic rings. The predicted molar refractivity (Wildman–Crippen MR) is 102 cm³/mol. The molecule has 0 saturated carbocycles. The maximum Gasteiger partial charge on any atom is 0.342 e. The van der Waals surface area contributed by atoms with Crippen molar-refractivity contribution in [1.29, 1.82) is 0 Å². The highest BCUT2D eigenvalue weighted by atomic mass is 16.5. The van der Waals surface area contributed by atoms with Gasteiger partial charge in [0.05, 0.1) is 26.4 Å². The van der Waals surface area contributed by atoms with Crippen LogP contribution in [-0.4, -0.2) is 39.5 Å². The Kier molecular flexibility index (Phi) is 7.98. The number of benzene rings is 1. The number of allylic oxidation sites excluding steroid dienone is 1. The summed E-state index contributed by atoms with van der Waals surface area (Å²) in [6, 6.07) is 3.55. The van der Waals surface area contributed by atoms with Crippen LogP contribution in [-0.2, 0) is 9.47 Å². The number of rotatable bonds is 3. The van der Waals surface area contributed by atoms with Gasteiger partial charge in [-0.25, -0.2) is 4.79 Å². The zero-order valence-electron chi connectivity index (χ0n) is 16.2. The Morgan fingerprint density at radius 1 is 1.04 bits per heavy atom. The van der Waals surface area contributed by atoms with Crippen LogP contribution < -0.4 is 9.47 Å². The molecule has 2 unspecified atom stereocenters. The van der Waals surface area contributed by atoms with E-state index in [9.17, 15) is 4.79 Å². The van der Waals surface area contributed by atoms with Crippen LogP contribution in [0.15, 0.2) is 18.2 Å². The van der Waals surface area contributed by atoms with E-state index in [1.807, 2.05) is 19.1 Å². The molecule has 144 valence electrons. The molecular weight excluding hydrogens is 332 g/mol. The molecule has 2 rings (SSSR count). The minimum atomic E-state index is -0.364. The molecule has 0 saturated heterocycles. The van der Waals surface area contributed by atoms with Crippen molar-refractivity contribution in [2.45, 2.75) is 57.7 Å². The molecule has 1 aliphatic rings. The van der Waals surface area contributed by atoms with Gasteiger partial charge >= 0.3 is 5.97 Å². The quantitative estimate of drug-likeness (QED) is 0.734. The van der Waals surface area contributed by atoms with Crippen molar-refractivity contribution in [3.05, 3.63) is 29.3 Å². The van der Waals surface area contributed by atoms with E-state index in [2.05, 4.69) is 6.08 Å². The highest BCUT2D eigenvalue weighted by molar-refractivity contribution is 5.97. The summed E-state index contributed by atoms with van der Waals surface area (Å²) in [4.78, 5) is 12.8. The molecule has 1 aromatic carbocycles. The molecule has 1 heterocycles. The molecule has 0 bridgehead atoms. The third-order valence-electron chi connectivity index (χ3n) is 4.74. The predicted octanol–water partition coefficient (Wildman–Crippen LogP) is 4.63. The van der Waals surface area contributed by atoms with E-state index in [0.29, 0.717) is 17.1 Å². The van der Waals surface area contributed by atoms with Gasteiger partial charge < -0.3 is 18.9 Å². The summed E-state index contributed by atoms with van der Waals surface area (Å²) in [5.41, 5.74) is 1.20. The lowest BCUT2D eigenvalue weighted by molar-refractivity contribution is 0.0296. The van der Waals surface area contributed by atoms with Crippen LogP contribution in [0.25, 0.3) is 6.08 Å². The molecule has 0 amide bonds. The summed E-state index contributed by atoms with van der Waals surface area (Å²) in [5.74, 6) is 0.747. The lowest BCUT2D eigenvalue weighted by atomic mass is 10.0. The summed E-state index contributed by atoms with van der Waals surface area (Å²) < 4.78 is 22.0. The molecule has 1 aliphatic heterocycles. The number of esters is 1. The fraction of sp³-hybridized carbons (Fsp3) is 0.571. The Bertz CT molecular complexity index is 623. The van der Waals surface area contributed by atoms with Gasteiger partial charge in [0.2, 0.25) is 0 Å². The van der Waals surface area contributed by atoms with Crippen molar-refractivity contribution in [2.24, 2.45) is 0 Å². The monoisotopic (exact) mass is 362 g/mol. The van der Waals surface area contributed by atoms with Crippen LogP contribution in [0.2, 0.25) is 0 Å². The first-order chi connectivity index (χ1) is 12.6. The highest BCUT2D eigenvalue weighted by Gasteiger charge is 2.22. The Morgan fingerprint density at radius 3 is 2.50 bits per heavy atom. The number of cyclic esters (lactones) is 1. The molecular formula is C21H30O5. The average molecular weight is 362 g/mol. The second-order valence-corrected chi connectivity index (χ2v) is 6.63. The first-order valence-corrected chi connectivity index (χ1v) is 9.25. The molecule has 0 aromatic heterocycles. The van der Waals surface area contributed by atoms with Crippen molar-refractivity contribution < 1.29 is 23.7 Å². The number of carbonyl (C=O) groups is 1. The summed E-state index contributed by atoms with van der Waals surface area (Å²) in [6.45, 7) is 1.93. The lowest BCUT2D eigenvalue weighted by Gasteiger charge is -2.19. The van der Waals surface area contributed by atoms with E-state index in [1.54, 1.807) is 27.4 Å². The van der Waals surface area contributed by atoms with Crippen LogP contribution in [0.3, 0.4) is 0 Å².